The van der Waals surface area contributed by atoms with Gasteiger partial charge in [-0.15, -0.1) is 0 Å². The van der Waals surface area contributed by atoms with Gasteiger partial charge >= 0.3 is 0 Å². The molecule has 0 amide bonds. The van der Waals surface area contributed by atoms with Crippen molar-refractivity contribution >= 4 is 0 Å². The summed E-state index contributed by atoms with van der Waals surface area (Å²) in [7, 11) is 0. The van der Waals surface area contributed by atoms with E-state index in [-0.39, 0.29) is 5.41 Å². The van der Waals surface area contributed by atoms with E-state index in [1.807, 2.05) is 34.6 Å². The van der Waals surface area contributed by atoms with Crippen LogP contribution in [0.1, 0.15) is 59.2 Å². The summed E-state index contributed by atoms with van der Waals surface area (Å²) in [6.07, 6.45) is 2.40. The third kappa shape index (κ3) is 3.13. The van der Waals surface area contributed by atoms with Crippen molar-refractivity contribution in [1.82, 2.24) is 10.1 Å². The van der Waals surface area contributed by atoms with E-state index < -0.39 is 0 Å². The summed E-state index contributed by atoms with van der Waals surface area (Å²) >= 11 is 0. The predicted molar refractivity (Wildman–Crippen MR) is 58.3 cm³/mol. The summed E-state index contributed by atoms with van der Waals surface area (Å²) in [6, 6.07) is 0. The summed E-state index contributed by atoms with van der Waals surface area (Å²) in [5, 5.41) is 3.86. The molecule has 2 rings (SSSR count). The molecule has 1 aliphatic carbocycles. The van der Waals surface area contributed by atoms with Crippen LogP contribution >= 0.6 is 0 Å². The van der Waals surface area contributed by atoms with Crippen molar-refractivity contribution in [3.63, 3.8) is 0 Å². The first kappa shape index (κ1) is 13.1. The summed E-state index contributed by atoms with van der Waals surface area (Å²) in [6.45, 7) is 12.0. The highest BCUT2D eigenvalue weighted by atomic mass is 16.5. The first-order valence-corrected chi connectivity index (χ1v) is 5.51. The molecule has 0 radical (unpaired) electrons. The van der Waals surface area contributed by atoms with Crippen LogP contribution < -0.4 is 0 Å². The fourth-order valence-corrected chi connectivity index (χ4v) is 0.956. The summed E-state index contributed by atoms with van der Waals surface area (Å²) in [4.78, 5) is 4.17. The molecule has 3 nitrogen and oxygen atoms in total. The van der Waals surface area contributed by atoms with Gasteiger partial charge in [0.25, 0.3) is 0 Å². The first-order chi connectivity index (χ1) is 6.71. The Labute approximate surface area is 86.9 Å². The molecule has 3 heteroatoms. The maximum Gasteiger partial charge on any atom is 0.223 e. The van der Waals surface area contributed by atoms with Crippen LogP contribution in [0.15, 0.2) is 4.52 Å². The topological polar surface area (TPSA) is 38.9 Å². The van der Waals surface area contributed by atoms with Crippen LogP contribution in [-0.2, 0) is 5.41 Å². The van der Waals surface area contributed by atoms with Gasteiger partial charge in [0.05, 0.1) is 0 Å². The van der Waals surface area contributed by atoms with Crippen LogP contribution in [0.2, 0.25) is 0 Å². The van der Waals surface area contributed by atoms with Gasteiger partial charge in [-0.3, -0.25) is 0 Å². The van der Waals surface area contributed by atoms with Crippen molar-refractivity contribution in [1.29, 1.82) is 0 Å². The predicted octanol–water partition coefficient (Wildman–Crippen LogP) is 3.48. The van der Waals surface area contributed by atoms with Gasteiger partial charge < -0.3 is 4.52 Å². The quantitative estimate of drug-likeness (QED) is 0.693. The third-order valence-corrected chi connectivity index (χ3v) is 2.07. The lowest BCUT2D eigenvalue weighted by molar-refractivity contribution is 0.383. The lowest BCUT2D eigenvalue weighted by atomic mass is 10.1. The minimum absolute atomic E-state index is 0.248. The largest absolute Gasteiger partial charge is 0.340 e. The molecule has 0 aromatic carbocycles. The third-order valence-electron chi connectivity index (χ3n) is 2.07. The second kappa shape index (κ2) is 5.78. The van der Waals surface area contributed by atoms with E-state index in [0.717, 1.165) is 5.82 Å². The van der Waals surface area contributed by atoms with Crippen LogP contribution in [0, 0.1) is 6.92 Å². The van der Waals surface area contributed by atoms with E-state index in [4.69, 9.17) is 4.52 Å². The molecular formula is C11H22N2O. The number of aromatic nitrogens is 2. The zero-order chi connectivity index (χ0) is 11.2. The second-order valence-electron chi connectivity index (χ2n) is 3.20. The average Bonchev–Trinajstić information content (AvgIpc) is 2.82. The number of hydrogen-bond acceptors (Lipinski definition) is 3. The van der Waals surface area contributed by atoms with Gasteiger partial charge in [-0.05, 0) is 12.8 Å². The van der Waals surface area contributed by atoms with Gasteiger partial charge in [0, 0.05) is 12.3 Å². The monoisotopic (exact) mass is 198 g/mol. The molecule has 1 heterocycles. The summed E-state index contributed by atoms with van der Waals surface area (Å²) in [5.74, 6) is 1.55. The van der Waals surface area contributed by atoms with Crippen LogP contribution in [0.4, 0.5) is 0 Å². The lowest BCUT2D eigenvalue weighted by Crippen LogP contribution is -2.01. The highest BCUT2D eigenvalue weighted by Gasteiger charge is 2.43. The molecule has 14 heavy (non-hydrogen) atoms. The Hall–Kier alpha value is -0.860. The summed E-state index contributed by atoms with van der Waals surface area (Å²) < 4.78 is 4.87. The van der Waals surface area contributed by atoms with E-state index >= 15 is 0 Å². The maximum absolute atomic E-state index is 4.87. The molecule has 0 atom stereocenters. The van der Waals surface area contributed by atoms with E-state index in [1.54, 1.807) is 0 Å². The molecule has 1 aliphatic rings. The zero-order valence-corrected chi connectivity index (χ0v) is 10.2. The molecule has 1 fully saturated rings. The zero-order valence-electron chi connectivity index (χ0n) is 10.2. The normalized spacial score (nSPS) is 15.9. The van der Waals surface area contributed by atoms with E-state index in [1.165, 1.54) is 12.8 Å². The molecule has 0 N–H and O–H groups in total. The van der Waals surface area contributed by atoms with E-state index in [0.29, 0.717) is 5.89 Å². The molecule has 0 bridgehead atoms. The van der Waals surface area contributed by atoms with Crippen LogP contribution in [0.3, 0.4) is 0 Å². The SMILES string of the molecule is CC.CC.Cc1nc(C2(C)CC2)no1. The van der Waals surface area contributed by atoms with Gasteiger partial charge in [0.2, 0.25) is 5.89 Å². The highest BCUT2D eigenvalue weighted by Crippen LogP contribution is 2.45. The van der Waals surface area contributed by atoms with Crippen molar-refractivity contribution in [3.8, 4) is 0 Å². The first-order valence-electron chi connectivity index (χ1n) is 5.51. The Morgan fingerprint density at radius 1 is 1.14 bits per heavy atom. The Bertz CT molecular complexity index is 252. The minimum Gasteiger partial charge on any atom is -0.340 e. The highest BCUT2D eigenvalue weighted by molar-refractivity contribution is 5.13. The Balaban J connectivity index is 0.000000379. The van der Waals surface area contributed by atoms with Crippen molar-refractivity contribution in [2.75, 3.05) is 0 Å². The molecule has 0 saturated heterocycles. The average molecular weight is 198 g/mol. The van der Waals surface area contributed by atoms with Crippen molar-refractivity contribution < 1.29 is 4.52 Å². The standard InChI is InChI=1S/C7H10N2O.2C2H6/c1-5-8-6(9-10-5)7(2)3-4-7;2*1-2/h3-4H2,1-2H3;2*1-2H3. The number of aryl methyl sites for hydroxylation is 1. The lowest BCUT2D eigenvalue weighted by Gasteiger charge is -1.96. The van der Waals surface area contributed by atoms with Gasteiger partial charge in [0.1, 0.15) is 0 Å². The fourth-order valence-electron chi connectivity index (χ4n) is 0.956. The molecule has 1 aromatic rings. The molecule has 0 unspecified atom stereocenters. The fraction of sp³-hybridized carbons (Fsp3) is 0.818. The van der Waals surface area contributed by atoms with Crippen molar-refractivity contribution in [2.45, 2.75) is 59.8 Å². The van der Waals surface area contributed by atoms with Gasteiger partial charge in [-0.25, -0.2) is 0 Å². The molecule has 82 valence electrons. The smallest absolute Gasteiger partial charge is 0.223 e. The van der Waals surface area contributed by atoms with Gasteiger partial charge in [-0.1, -0.05) is 39.8 Å². The molecule has 0 aliphatic heterocycles. The Morgan fingerprint density at radius 2 is 1.64 bits per heavy atom. The summed E-state index contributed by atoms with van der Waals surface area (Å²) in [5.41, 5.74) is 0.248. The van der Waals surface area contributed by atoms with Crippen molar-refractivity contribution in [2.24, 2.45) is 0 Å². The Kier molecular flexibility index (Phi) is 5.43. The van der Waals surface area contributed by atoms with Crippen LogP contribution in [0.25, 0.3) is 0 Å². The van der Waals surface area contributed by atoms with E-state index in [2.05, 4.69) is 17.1 Å². The maximum atomic E-state index is 4.87. The molecular weight excluding hydrogens is 176 g/mol. The van der Waals surface area contributed by atoms with E-state index in [9.17, 15) is 0 Å². The van der Waals surface area contributed by atoms with Crippen molar-refractivity contribution in [3.05, 3.63) is 11.7 Å². The molecule has 1 aromatic heterocycles. The number of nitrogens with zero attached hydrogens (tertiary/aromatic N) is 2. The number of rotatable bonds is 1. The minimum atomic E-state index is 0.248. The van der Waals surface area contributed by atoms with Crippen LogP contribution in [-0.4, -0.2) is 10.1 Å². The van der Waals surface area contributed by atoms with Gasteiger partial charge in [-0.2, -0.15) is 4.98 Å². The van der Waals surface area contributed by atoms with Gasteiger partial charge in [0.15, 0.2) is 5.82 Å². The molecule has 0 spiro atoms. The number of hydrogen-bond donors (Lipinski definition) is 0. The Morgan fingerprint density at radius 3 is 1.93 bits per heavy atom. The molecule has 1 saturated carbocycles. The second-order valence-corrected chi connectivity index (χ2v) is 3.20. The van der Waals surface area contributed by atoms with Crippen LogP contribution in [0.5, 0.6) is 0 Å².